The van der Waals surface area contributed by atoms with E-state index in [1.54, 1.807) is 39.4 Å². The molecule has 0 aliphatic carbocycles. The first-order valence-corrected chi connectivity index (χ1v) is 13.7. The van der Waals surface area contributed by atoms with E-state index in [1.165, 1.54) is 0 Å². The monoisotopic (exact) mass is 566 g/mol. The Morgan fingerprint density at radius 3 is 2.05 bits per heavy atom. The van der Waals surface area contributed by atoms with Crippen molar-refractivity contribution in [2.45, 2.75) is 18.4 Å². The molecule has 216 valence electrons. The van der Waals surface area contributed by atoms with Gasteiger partial charge in [-0.3, -0.25) is 14.5 Å². The summed E-state index contributed by atoms with van der Waals surface area (Å²) in [6.07, 6.45) is 0.592. The lowest BCUT2D eigenvalue weighted by molar-refractivity contribution is -0.123. The molecule has 0 saturated heterocycles. The second kappa shape index (κ2) is 12.7. The summed E-state index contributed by atoms with van der Waals surface area (Å²) in [5.41, 5.74) is 3.67. The second-order valence-corrected chi connectivity index (χ2v) is 9.89. The lowest BCUT2D eigenvalue weighted by Crippen LogP contribution is -2.48. The van der Waals surface area contributed by atoms with E-state index >= 15 is 0 Å². The molecule has 0 unspecified atom stereocenters. The molecule has 0 radical (unpaired) electrons. The van der Waals surface area contributed by atoms with Gasteiger partial charge < -0.3 is 24.3 Å². The molecule has 1 aliphatic rings. The Kier molecular flexibility index (Phi) is 8.62. The predicted octanol–water partition coefficient (Wildman–Crippen LogP) is 5.57. The number of fused-ring (bicyclic) bond motifs is 1. The fourth-order valence-corrected chi connectivity index (χ4v) is 5.46. The molecule has 0 aromatic heterocycles. The van der Waals surface area contributed by atoms with Gasteiger partial charge in [-0.15, -0.1) is 0 Å². The highest BCUT2D eigenvalue weighted by Crippen LogP contribution is 2.45. The van der Waals surface area contributed by atoms with E-state index in [1.807, 2.05) is 84.9 Å². The number of nitrogens with one attached hydrogen (secondary N) is 1. The SMILES string of the molecule is COc1ccc([C@H]2[C@@H](C(=O)NCCc3ccc(OC)c(OC)c3)c3ccccc3C(=O)N2c2ccc(OC)cc2)cc1. The van der Waals surface area contributed by atoms with Crippen LogP contribution in [0.4, 0.5) is 5.69 Å². The Balaban J connectivity index is 1.52. The van der Waals surface area contributed by atoms with Crippen LogP contribution < -0.4 is 29.2 Å². The van der Waals surface area contributed by atoms with Crippen LogP contribution >= 0.6 is 0 Å². The Bertz CT molecular complexity index is 1550. The molecule has 4 aromatic rings. The second-order valence-electron chi connectivity index (χ2n) is 9.89. The number of anilines is 1. The topological polar surface area (TPSA) is 86.3 Å². The molecule has 2 amide bonds. The zero-order valence-corrected chi connectivity index (χ0v) is 24.1. The van der Waals surface area contributed by atoms with Gasteiger partial charge in [-0.2, -0.15) is 0 Å². The average Bonchev–Trinajstić information content (AvgIpc) is 3.04. The fraction of sp³-hybridized carbons (Fsp3) is 0.235. The first kappa shape index (κ1) is 28.5. The van der Waals surface area contributed by atoms with Crippen LogP contribution in [-0.2, 0) is 11.2 Å². The maximum atomic E-state index is 14.1. The molecule has 8 nitrogen and oxygen atoms in total. The number of amides is 2. The lowest BCUT2D eigenvalue weighted by atomic mass is 9.78. The number of carbonyl (C=O) groups is 2. The molecule has 4 aromatic carbocycles. The van der Waals surface area contributed by atoms with Crippen molar-refractivity contribution in [2.24, 2.45) is 0 Å². The van der Waals surface area contributed by atoms with Crippen molar-refractivity contribution < 1.29 is 28.5 Å². The number of methoxy groups -OCH3 is 4. The van der Waals surface area contributed by atoms with E-state index in [0.717, 1.165) is 11.1 Å². The number of hydrogen-bond donors (Lipinski definition) is 1. The van der Waals surface area contributed by atoms with Gasteiger partial charge in [-0.1, -0.05) is 36.4 Å². The molecule has 1 N–H and O–H groups in total. The van der Waals surface area contributed by atoms with Gasteiger partial charge in [-0.25, -0.2) is 0 Å². The average molecular weight is 567 g/mol. The molecule has 2 atom stereocenters. The normalized spacial score (nSPS) is 15.9. The van der Waals surface area contributed by atoms with Crippen molar-refractivity contribution in [2.75, 3.05) is 39.9 Å². The van der Waals surface area contributed by atoms with Crippen LogP contribution in [-0.4, -0.2) is 46.8 Å². The Morgan fingerprint density at radius 1 is 0.762 bits per heavy atom. The summed E-state index contributed by atoms with van der Waals surface area (Å²) >= 11 is 0. The minimum absolute atomic E-state index is 0.172. The highest BCUT2D eigenvalue weighted by Gasteiger charge is 2.44. The first-order chi connectivity index (χ1) is 20.5. The lowest BCUT2D eigenvalue weighted by Gasteiger charge is -2.42. The number of nitrogens with zero attached hydrogens (tertiary/aromatic N) is 1. The summed E-state index contributed by atoms with van der Waals surface area (Å²) in [5.74, 6) is 1.63. The standard InChI is InChI=1S/C34H34N2O6/c1-39-25-14-10-23(11-15-25)32-31(33(37)35-20-19-22-9-18-29(41-3)30(21-22)42-4)27-7-5-6-8-28(27)34(38)36(32)24-12-16-26(40-2)17-13-24/h5-18,21,31-32H,19-20H2,1-4H3,(H,35,37)/t31-,32-/m0/s1. The van der Waals surface area contributed by atoms with Crippen LogP contribution in [0.1, 0.15) is 39.0 Å². The number of ether oxygens (including phenoxy) is 4. The molecule has 0 spiro atoms. The van der Waals surface area contributed by atoms with E-state index in [2.05, 4.69) is 5.32 Å². The maximum Gasteiger partial charge on any atom is 0.259 e. The smallest absolute Gasteiger partial charge is 0.259 e. The van der Waals surface area contributed by atoms with Gasteiger partial charge in [0, 0.05) is 17.8 Å². The summed E-state index contributed by atoms with van der Waals surface area (Å²) in [4.78, 5) is 29.9. The van der Waals surface area contributed by atoms with Crippen LogP contribution in [0.5, 0.6) is 23.0 Å². The molecule has 1 heterocycles. The summed E-state index contributed by atoms with van der Waals surface area (Å²) in [6.45, 7) is 0.402. The van der Waals surface area contributed by atoms with E-state index in [0.29, 0.717) is 52.8 Å². The Morgan fingerprint density at radius 2 is 1.40 bits per heavy atom. The molecular formula is C34H34N2O6. The summed E-state index contributed by atoms with van der Waals surface area (Å²) < 4.78 is 21.5. The van der Waals surface area contributed by atoms with Gasteiger partial charge in [0.15, 0.2) is 11.5 Å². The third-order valence-corrected chi connectivity index (χ3v) is 7.59. The van der Waals surface area contributed by atoms with Crippen molar-refractivity contribution in [3.63, 3.8) is 0 Å². The quantitative estimate of drug-likeness (QED) is 0.270. The van der Waals surface area contributed by atoms with Crippen molar-refractivity contribution >= 4 is 17.5 Å². The molecule has 1 aliphatic heterocycles. The van der Waals surface area contributed by atoms with Crippen LogP contribution in [0.15, 0.2) is 91.0 Å². The summed E-state index contributed by atoms with van der Waals surface area (Å²) in [5, 5.41) is 3.14. The molecule has 8 heteroatoms. The van der Waals surface area contributed by atoms with Gasteiger partial charge in [0.2, 0.25) is 5.91 Å². The molecule has 0 saturated carbocycles. The number of hydrogen-bond acceptors (Lipinski definition) is 6. The minimum atomic E-state index is -0.667. The molecule has 0 fully saturated rings. The Hall–Kier alpha value is -4.98. The maximum absolute atomic E-state index is 14.1. The molecule has 0 bridgehead atoms. The largest absolute Gasteiger partial charge is 0.497 e. The highest BCUT2D eigenvalue weighted by molar-refractivity contribution is 6.11. The molecule has 42 heavy (non-hydrogen) atoms. The predicted molar refractivity (Wildman–Crippen MR) is 161 cm³/mol. The minimum Gasteiger partial charge on any atom is -0.497 e. The summed E-state index contributed by atoms with van der Waals surface area (Å²) in [6, 6.07) is 27.3. The van der Waals surface area contributed by atoms with Crippen LogP contribution in [0.3, 0.4) is 0 Å². The van der Waals surface area contributed by atoms with Crippen molar-refractivity contribution in [1.29, 1.82) is 0 Å². The van der Waals surface area contributed by atoms with Crippen LogP contribution in [0, 0.1) is 0 Å². The van der Waals surface area contributed by atoms with Crippen LogP contribution in [0.2, 0.25) is 0 Å². The number of benzene rings is 4. The molecule has 5 rings (SSSR count). The first-order valence-electron chi connectivity index (χ1n) is 13.7. The van der Waals surface area contributed by atoms with E-state index < -0.39 is 12.0 Å². The fourth-order valence-electron chi connectivity index (χ4n) is 5.46. The molecular weight excluding hydrogens is 532 g/mol. The number of carbonyl (C=O) groups excluding carboxylic acids is 2. The van der Waals surface area contributed by atoms with Gasteiger partial charge in [0.25, 0.3) is 5.91 Å². The zero-order valence-electron chi connectivity index (χ0n) is 24.1. The summed E-state index contributed by atoms with van der Waals surface area (Å²) in [7, 11) is 6.39. The van der Waals surface area contributed by atoms with Crippen LogP contribution in [0.25, 0.3) is 0 Å². The van der Waals surface area contributed by atoms with E-state index in [-0.39, 0.29) is 11.8 Å². The third kappa shape index (κ3) is 5.61. The number of rotatable bonds is 10. The van der Waals surface area contributed by atoms with Crippen molar-refractivity contribution in [3.8, 4) is 23.0 Å². The van der Waals surface area contributed by atoms with E-state index in [9.17, 15) is 9.59 Å². The zero-order chi connectivity index (χ0) is 29.6. The Labute approximate surface area is 245 Å². The van der Waals surface area contributed by atoms with Gasteiger partial charge in [0.1, 0.15) is 11.5 Å². The van der Waals surface area contributed by atoms with Gasteiger partial charge in [-0.05, 0) is 77.7 Å². The van der Waals surface area contributed by atoms with E-state index in [4.69, 9.17) is 18.9 Å². The van der Waals surface area contributed by atoms with Gasteiger partial charge in [0.05, 0.1) is 40.4 Å². The highest BCUT2D eigenvalue weighted by atomic mass is 16.5. The van der Waals surface area contributed by atoms with Crippen molar-refractivity contribution in [1.82, 2.24) is 5.32 Å². The van der Waals surface area contributed by atoms with Gasteiger partial charge >= 0.3 is 0 Å². The third-order valence-electron chi connectivity index (χ3n) is 7.59. The van der Waals surface area contributed by atoms with Crippen molar-refractivity contribution in [3.05, 3.63) is 113 Å².